The maximum absolute atomic E-state index is 12.0. The van der Waals surface area contributed by atoms with Crippen LogP contribution in [0.25, 0.3) is 0 Å². The van der Waals surface area contributed by atoms with Gasteiger partial charge >= 0.3 is 0 Å². The summed E-state index contributed by atoms with van der Waals surface area (Å²) in [5.41, 5.74) is 0.384. The number of anilines is 1. The number of aromatic nitrogens is 2. The Kier molecular flexibility index (Phi) is 3.74. The molecule has 1 amide bonds. The van der Waals surface area contributed by atoms with E-state index in [-0.39, 0.29) is 5.91 Å². The van der Waals surface area contributed by atoms with Crippen LogP contribution in [-0.4, -0.2) is 23.0 Å². The molecule has 5 nitrogen and oxygen atoms in total. The fourth-order valence-corrected chi connectivity index (χ4v) is 1.55. The van der Waals surface area contributed by atoms with Crippen molar-refractivity contribution in [3.63, 3.8) is 0 Å². The second kappa shape index (κ2) is 5.46. The maximum Gasteiger partial charge on any atom is 0.260 e. The minimum Gasteiger partial charge on any atom is -0.494 e. The van der Waals surface area contributed by atoms with Crippen LogP contribution in [0.1, 0.15) is 10.4 Å². The molecule has 0 aliphatic heterocycles. The lowest BCUT2D eigenvalue weighted by Gasteiger charge is -2.08. The highest BCUT2D eigenvalue weighted by Crippen LogP contribution is 2.18. The number of carbonyl (C=O) groups excluding carboxylic acids is 1. The third-order valence-electron chi connectivity index (χ3n) is 2.21. The first-order valence-corrected chi connectivity index (χ1v) is 5.49. The van der Waals surface area contributed by atoms with Gasteiger partial charge in [-0.3, -0.25) is 9.78 Å². The van der Waals surface area contributed by atoms with Gasteiger partial charge in [0.15, 0.2) is 0 Å². The van der Waals surface area contributed by atoms with E-state index in [4.69, 9.17) is 16.3 Å². The van der Waals surface area contributed by atoms with E-state index in [2.05, 4.69) is 15.3 Å². The molecule has 0 spiro atoms. The molecule has 0 aliphatic carbocycles. The molecule has 0 atom stereocenters. The van der Waals surface area contributed by atoms with Gasteiger partial charge in [0.2, 0.25) is 0 Å². The summed E-state index contributed by atoms with van der Waals surface area (Å²) < 4.78 is 5.06. The van der Waals surface area contributed by atoms with Gasteiger partial charge in [-0.25, -0.2) is 4.98 Å². The number of carbonyl (C=O) groups is 1. The molecule has 0 bridgehead atoms. The lowest BCUT2D eigenvalue weighted by atomic mass is 10.2. The summed E-state index contributed by atoms with van der Waals surface area (Å²) in [6.07, 6.45) is 4.50. The van der Waals surface area contributed by atoms with Gasteiger partial charge in [0.1, 0.15) is 11.6 Å². The average molecular weight is 264 g/mol. The summed E-state index contributed by atoms with van der Waals surface area (Å²) in [5, 5.41) is 3.13. The molecular weight excluding hydrogens is 254 g/mol. The molecule has 6 heteroatoms. The highest BCUT2D eigenvalue weighted by molar-refractivity contribution is 6.30. The van der Waals surface area contributed by atoms with Crippen molar-refractivity contribution in [1.82, 2.24) is 9.97 Å². The first-order chi connectivity index (χ1) is 8.70. The molecule has 0 unspecified atom stereocenters. The quantitative estimate of drug-likeness (QED) is 0.923. The fourth-order valence-electron chi connectivity index (χ4n) is 1.39. The van der Waals surface area contributed by atoms with Crippen LogP contribution in [0, 0.1) is 0 Å². The summed E-state index contributed by atoms with van der Waals surface area (Å²) in [5.74, 6) is 0.451. The van der Waals surface area contributed by atoms with E-state index in [0.717, 1.165) is 0 Å². The molecular formula is C12H10ClN3O2. The van der Waals surface area contributed by atoms with Gasteiger partial charge in [0.05, 0.1) is 18.9 Å². The molecule has 0 fully saturated rings. The van der Waals surface area contributed by atoms with Gasteiger partial charge in [-0.2, -0.15) is 0 Å². The van der Waals surface area contributed by atoms with Crippen LogP contribution in [0.5, 0.6) is 5.75 Å². The molecule has 18 heavy (non-hydrogen) atoms. The summed E-state index contributed by atoms with van der Waals surface area (Å²) in [4.78, 5) is 19.9. The van der Waals surface area contributed by atoms with E-state index in [1.165, 1.54) is 25.7 Å². The van der Waals surface area contributed by atoms with Crippen molar-refractivity contribution in [3.05, 3.63) is 47.4 Å². The Morgan fingerprint density at radius 2 is 2.22 bits per heavy atom. The van der Waals surface area contributed by atoms with Crippen molar-refractivity contribution < 1.29 is 9.53 Å². The van der Waals surface area contributed by atoms with Crippen LogP contribution < -0.4 is 10.1 Å². The monoisotopic (exact) mass is 263 g/mol. The number of pyridine rings is 2. The van der Waals surface area contributed by atoms with Gasteiger partial charge in [-0.05, 0) is 18.2 Å². The van der Waals surface area contributed by atoms with Crippen LogP contribution in [-0.2, 0) is 0 Å². The second-order valence-electron chi connectivity index (χ2n) is 3.39. The molecule has 0 radical (unpaired) electrons. The van der Waals surface area contributed by atoms with Gasteiger partial charge in [-0.1, -0.05) is 11.6 Å². The number of halogens is 1. The van der Waals surface area contributed by atoms with E-state index in [9.17, 15) is 4.79 Å². The lowest BCUT2D eigenvalue weighted by molar-refractivity contribution is 0.102. The van der Waals surface area contributed by atoms with Crippen LogP contribution in [0.15, 0.2) is 36.8 Å². The van der Waals surface area contributed by atoms with E-state index < -0.39 is 0 Å². The van der Waals surface area contributed by atoms with Gasteiger partial charge < -0.3 is 10.1 Å². The number of nitrogens with zero attached hydrogens (tertiary/aromatic N) is 2. The van der Waals surface area contributed by atoms with Crippen molar-refractivity contribution in [2.75, 3.05) is 12.4 Å². The van der Waals surface area contributed by atoms with E-state index in [1.807, 2.05) is 0 Å². The molecule has 1 N–H and O–H groups in total. The first kappa shape index (κ1) is 12.3. The zero-order valence-corrected chi connectivity index (χ0v) is 10.3. The van der Waals surface area contributed by atoms with Crippen LogP contribution in [0.3, 0.4) is 0 Å². The fraction of sp³-hybridized carbons (Fsp3) is 0.0833. The number of hydrogen-bond donors (Lipinski definition) is 1. The Morgan fingerprint density at radius 1 is 1.39 bits per heavy atom. The summed E-state index contributed by atoms with van der Waals surface area (Å²) in [7, 11) is 1.48. The topological polar surface area (TPSA) is 64.1 Å². The number of ether oxygens (including phenoxy) is 1. The Bertz CT molecular complexity index is 575. The van der Waals surface area contributed by atoms with Crippen LogP contribution >= 0.6 is 11.6 Å². The molecule has 92 valence electrons. The molecule has 0 aliphatic rings. The molecule has 2 rings (SSSR count). The highest BCUT2D eigenvalue weighted by Gasteiger charge is 2.12. The zero-order valence-electron chi connectivity index (χ0n) is 9.55. The minimum absolute atomic E-state index is 0.330. The average Bonchev–Trinajstić information content (AvgIpc) is 2.38. The summed E-state index contributed by atoms with van der Waals surface area (Å²) in [6, 6.07) is 4.76. The third-order valence-corrected chi connectivity index (χ3v) is 2.45. The van der Waals surface area contributed by atoms with Crippen LogP contribution in [0.2, 0.25) is 5.02 Å². The Hall–Kier alpha value is -2.14. The van der Waals surface area contributed by atoms with Crippen molar-refractivity contribution in [1.29, 1.82) is 0 Å². The lowest BCUT2D eigenvalue weighted by Crippen LogP contribution is -2.14. The number of rotatable bonds is 3. The molecule has 0 aromatic carbocycles. The minimum atomic E-state index is -0.330. The molecule has 2 aromatic rings. The van der Waals surface area contributed by atoms with Gasteiger partial charge in [-0.15, -0.1) is 0 Å². The zero-order chi connectivity index (χ0) is 13.0. The normalized spacial score (nSPS) is 9.89. The van der Waals surface area contributed by atoms with Gasteiger partial charge in [0, 0.05) is 17.4 Å². The predicted molar refractivity (Wildman–Crippen MR) is 68.0 cm³/mol. The SMILES string of the molecule is COc1cnccc1C(=O)Nc1cc(Cl)ccn1. The number of methoxy groups -OCH3 is 1. The Balaban J connectivity index is 2.22. The first-order valence-electron chi connectivity index (χ1n) is 5.11. The van der Waals surface area contributed by atoms with E-state index in [0.29, 0.717) is 22.2 Å². The molecule has 0 saturated heterocycles. The van der Waals surface area contributed by atoms with Crippen molar-refractivity contribution in [2.24, 2.45) is 0 Å². The summed E-state index contributed by atoms with van der Waals surface area (Å²) in [6.45, 7) is 0. The number of amides is 1. The number of hydrogen-bond acceptors (Lipinski definition) is 4. The largest absolute Gasteiger partial charge is 0.494 e. The number of nitrogens with one attached hydrogen (secondary N) is 1. The molecule has 2 heterocycles. The smallest absolute Gasteiger partial charge is 0.260 e. The van der Waals surface area contributed by atoms with E-state index >= 15 is 0 Å². The van der Waals surface area contributed by atoms with Crippen molar-refractivity contribution in [3.8, 4) is 5.75 Å². The van der Waals surface area contributed by atoms with Gasteiger partial charge in [0.25, 0.3) is 5.91 Å². The molecule has 2 aromatic heterocycles. The Morgan fingerprint density at radius 3 is 2.94 bits per heavy atom. The standard InChI is InChI=1S/C12H10ClN3O2/c1-18-10-7-14-4-3-9(10)12(17)16-11-6-8(13)2-5-15-11/h2-7H,1H3,(H,15,16,17). The van der Waals surface area contributed by atoms with Crippen LogP contribution in [0.4, 0.5) is 5.82 Å². The predicted octanol–water partition coefficient (Wildman–Crippen LogP) is 2.39. The second-order valence-corrected chi connectivity index (χ2v) is 3.83. The summed E-state index contributed by atoms with van der Waals surface area (Å²) >= 11 is 5.81. The van der Waals surface area contributed by atoms with Crippen molar-refractivity contribution in [2.45, 2.75) is 0 Å². The maximum atomic E-state index is 12.0. The molecule has 0 saturated carbocycles. The van der Waals surface area contributed by atoms with Crippen molar-refractivity contribution >= 4 is 23.3 Å². The van der Waals surface area contributed by atoms with E-state index in [1.54, 1.807) is 18.2 Å². The Labute approximate surface area is 109 Å². The highest BCUT2D eigenvalue weighted by atomic mass is 35.5. The third kappa shape index (κ3) is 2.75.